The molecule has 0 spiro atoms. The standard InChI is InChI=1S/C22H28N4O5/c1-22(2,3)31-21(29)26-13-12-25(20(28)30-15-16-8-6-5-7-9-16)14-17(26)18(27)19-23-10-11-24(19)4/h5-11,17H,12-15H2,1-4H3/t17-/m1/s1. The number of aromatic nitrogens is 2. The van der Waals surface area contributed by atoms with Crippen molar-refractivity contribution in [3.63, 3.8) is 0 Å². The van der Waals surface area contributed by atoms with Gasteiger partial charge in [0.25, 0.3) is 0 Å². The second-order valence-electron chi connectivity index (χ2n) is 8.40. The van der Waals surface area contributed by atoms with Crippen molar-refractivity contribution in [1.29, 1.82) is 0 Å². The van der Waals surface area contributed by atoms with Gasteiger partial charge in [0.2, 0.25) is 5.78 Å². The Morgan fingerprint density at radius 3 is 2.42 bits per heavy atom. The van der Waals surface area contributed by atoms with Crippen LogP contribution in [0, 0.1) is 0 Å². The number of imidazole rings is 1. The summed E-state index contributed by atoms with van der Waals surface area (Å²) in [5, 5.41) is 0. The van der Waals surface area contributed by atoms with E-state index in [1.54, 1.807) is 38.6 Å². The van der Waals surface area contributed by atoms with Crippen molar-refractivity contribution in [3.8, 4) is 0 Å². The second kappa shape index (κ2) is 9.20. The van der Waals surface area contributed by atoms with Gasteiger partial charge >= 0.3 is 12.2 Å². The summed E-state index contributed by atoms with van der Waals surface area (Å²) in [6.45, 7) is 5.79. The van der Waals surface area contributed by atoms with Crippen LogP contribution in [0.5, 0.6) is 0 Å². The number of piperazine rings is 1. The first-order valence-corrected chi connectivity index (χ1v) is 10.1. The van der Waals surface area contributed by atoms with Crippen LogP contribution in [0.4, 0.5) is 9.59 Å². The van der Waals surface area contributed by atoms with Crippen molar-refractivity contribution in [3.05, 3.63) is 54.1 Å². The minimum atomic E-state index is -0.922. The molecular weight excluding hydrogens is 400 g/mol. The summed E-state index contributed by atoms with van der Waals surface area (Å²) in [6.07, 6.45) is 2.03. The number of carbonyl (C=O) groups is 3. The second-order valence-corrected chi connectivity index (χ2v) is 8.40. The quantitative estimate of drug-likeness (QED) is 0.695. The molecule has 1 aliphatic heterocycles. The molecule has 2 heterocycles. The van der Waals surface area contributed by atoms with Gasteiger partial charge in [-0.3, -0.25) is 9.69 Å². The fourth-order valence-electron chi connectivity index (χ4n) is 3.27. The maximum Gasteiger partial charge on any atom is 0.411 e. The topological polar surface area (TPSA) is 94.0 Å². The molecule has 0 saturated carbocycles. The average Bonchev–Trinajstić information content (AvgIpc) is 3.16. The molecule has 2 amide bonds. The molecule has 3 rings (SSSR count). The lowest BCUT2D eigenvalue weighted by atomic mass is 10.1. The Kier molecular flexibility index (Phi) is 6.62. The number of hydrogen-bond donors (Lipinski definition) is 0. The minimum absolute atomic E-state index is 0.00143. The Hall–Kier alpha value is -3.36. The highest BCUT2D eigenvalue weighted by molar-refractivity contribution is 5.99. The number of ether oxygens (including phenoxy) is 2. The van der Waals surface area contributed by atoms with Gasteiger partial charge in [0.1, 0.15) is 18.2 Å². The molecule has 1 fully saturated rings. The van der Waals surface area contributed by atoms with Gasteiger partial charge in [0.05, 0.1) is 6.54 Å². The molecule has 1 aromatic carbocycles. The molecule has 1 aromatic heterocycles. The van der Waals surface area contributed by atoms with Crippen molar-refractivity contribution in [2.75, 3.05) is 19.6 Å². The lowest BCUT2D eigenvalue weighted by Crippen LogP contribution is -2.60. The number of carbonyl (C=O) groups excluding carboxylic acids is 3. The van der Waals surface area contributed by atoms with Crippen LogP contribution in [0.2, 0.25) is 0 Å². The first kappa shape index (κ1) is 22.3. The molecule has 1 saturated heterocycles. The summed E-state index contributed by atoms with van der Waals surface area (Å²) >= 11 is 0. The summed E-state index contributed by atoms with van der Waals surface area (Å²) in [7, 11) is 1.70. The van der Waals surface area contributed by atoms with Crippen molar-refractivity contribution in [1.82, 2.24) is 19.4 Å². The number of ketones is 1. The molecule has 0 N–H and O–H groups in total. The maximum absolute atomic E-state index is 13.2. The van der Waals surface area contributed by atoms with Gasteiger partial charge in [-0.05, 0) is 26.3 Å². The summed E-state index contributed by atoms with van der Waals surface area (Å²) < 4.78 is 12.5. The van der Waals surface area contributed by atoms with E-state index in [0.29, 0.717) is 0 Å². The van der Waals surface area contributed by atoms with E-state index in [-0.39, 0.29) is 37.8 Å². The number of rotatable bonds is 4. The number of aryl methyl sites for hydroxylation is 1. The van der Waals surface area contributed by atoms with Crippen LogP contribution in [0.25, 0.3) is 0 Å². The Balaban J connectivity index is 1.75. The Labute approximate surface area is 181 Å². The predicted octanol–water partition coefficient (Wildman–Crippen LogP) is 2.86. The third kappa shape index (κ3) is 5.62. The molecule has 166 valence electrons. The summed E-state index contributed by atoms with van der Waals surface area (Å²) in [5.74, 6) is -0.156. The summed E-state index contributed by atoms with van der Waals surface area (Å²) in [4.78, 5) is 45.5. The van der Waals surface area contributed by atoms with E-state index in [2.05, 4.69) is 4.98 Å². The molecule has 9 heteroatoms. The zero-order valence-corrected chi connectivity index (χ0v) is 18.3. The molecule has 2 aromatic rings. The number of benzene rings is 1. The van der Waals surface area contributed by atoms with E-state index in [4.69, 9.17) is 9.47 Å². The largest absolute Gasteiger partial charge is 0.445 e. The van der Waals surface area contributed by atoms with Crippen LogP contribution in [-0.4, -0.2) is 68.6 Å². The van der Waals surface area contributed by atoms with Crippen molar-refractivity contribution in [2.45, 2.75) is 39.0 Å². The molecule has 1 aliphatic rings. The van der Waals surface area contributed by atoms with E-state index in [0.717, 1.165) is 5.56 Å². The smallest absolute Gasteiger partial charge is 0.411 e. The fraction of sp³-hybridized carbons (Fsp3) is 0.455. The lowest BCUT2D eigenvalue weighted by Gasteiger charge is -2.40. The van der Waals surface area contributed by atoms with Crippen LogP contribution in [0.1, 0.15) is 37.0 Å². The summed E-state index contributed by atoms with van der Waals surface area (Å²) in [5.41, 5.74) is 0.156. The number of Topliss-reactive ketones (excluding diaryl/α,β-unsaturated/α-hetero) is 1. The number of hydrogen-bond acceptors (Lipinski definition) is 6. The van der Waals surface area contributed by atoms with Crippen LogP contribution >= 0.6 is 0 Å². The van der Waals surface area contributed by atoms with Crippen LogP contribution in [-0.2, 0) is 23.1 Å². The van der Waals surface area contributed by atoms with Crippen molar-refractivity contribution in [2.24, 2.45) is 7.05 Å². The first-order chi connectivity index (χ1) is 14.7. The molecular formula is C22H28N4O5. The molecule has 9 nitrogen and oxygen atoms in total. The first-order valence-electron chi connectivity index (χ1n) is 10.1. The molecule has 31 heavy (non-hydrogen) atoms. The van der Waals surface area contributed by atoms with Gasteiger partial charge < -0.3 is 18.9 Å². The van der Waals surface area contributed by atoms with Crippen LogP contribution in [0.15, 0.2) is 42.7 Å². The van der Waals surface area contributed by atoms with E-state index in [9.17, 15) is 14.4 Å². The molecule has 0 aliphatic carbocycles. The predicted molar refractivity (Wildman–Crippen MR) is 112 cm³/mol. The van der Waals surface area contributed by atoms with E-state index < -0.39 is 23.8 Å². The average molecular weight is 428 g/mol. The molecule has 0 bridgehead atoms. The van der Waals surface area contributed by atoms with E-state index in [1.807, 2.05) is 30.3 Å². The van der Waals surface area contributed by atoms with Gasteiger partial charge in [-0.25, -0.2) is 14.6 Å². The van der Waals surface area contributed by atoms with Crippen LogP contribution in [0.3, 0.4) is 0 Å². The lowest BCUT2D eigenvalue weighted by molar-refractivity contribution is -0.00136. The number of amides is 2. The third-order valence-electron chi connectivity index (χ3n) is 4.82. The highest BCUT2D eigenvalue weighted by Crippen LogP contribution is 2.19. The third-order valence-corrected chi connectivity index (χ3v) is 4.82. The van der Waals surface area contributed by atoms with Gasteiger partial charge in [0, 0.05) is 32.5 Å². The van der Waals surface area contributed by atoms with Gasteiger partial charge in [0.15, 0.2) is 5.82 Å². The molecule has 1 atom stereocenters. The Morgan fingerprint density at radius 1 is 1.10 bits per heavy atom. The van der Waals surface area contributed by atoms with Gasteiger partial charge in [-0.2, -0.15) is 0 Å². The highest BCUT2D eigenvalue weighted by atomic mass is 16.6. The zero-order valence-electron chi connectivity index (χ0n) is 18.3. The van der Waals surface area contributed by atoms with Crippen molar-refractivity contribution >= 4 is 18.0 Å². The van der Waals surface area contributed by atoms with Gasteiger partial charge in [-0.1, -0.05) is 30.3 Å². The molecule has 0 unspecified atom stereocenters. The highest BCUT2D eigenvalue weighted by Gasteiger charge is 2.40. The SMILES string of the molecule is Cn1ccnc1C(=O)[C@H]1CN(C(=O)OCc2ccccc2)CCN1C(=O)OC(C)(C)C. The molecule has 0 radical (unpaired) electrons. The zero-order chi connectivity index (χ0) is 22.6. The van der Waals surface area contributed by atoms with E-state index >= 15 is 0 Å². The van der Waals surface area contributed by atoms with E-state index in [1.165, 1.54) is 16.0 Å². The van der Waals surface area contributed by atoms with Gasteiger partial charge in [-0.15, -0.1) is 0 Å². The maximum atomic E-state index is 13.2. The number of nitrogens with zero attached hydrogens (tertiary/aromatic N) is 4. The van der Waals surface area contributed by atoms with Crippen LogP contribution < -0.4 is 0 Å². The Morgan fingerprint density at radius 2 is 1.81 bits per heavy atom. The minimum Gasteiger partial charge on any atom is -0.445 e. The monoisotopic (exact) mass is 428 g/mol. The normalized spacial score (nSPS) is 16.7. The Bertz CT molecular complexity index is 935. The summed E-state index contributed by atoms with van der Waals surface area (Å²) in [6, 6.07) is 8.42. The fourth-order valence-corrected chi connectivity index (χ4v) is 3.27. The van der Waals surface area contributed by atoms with Crippen molar-refractivity contribution < 1.29 is 23.9 Å².